The molecule has 0 spiro atoms. The van der Waals surface area contributed by atoms with Crippen LogP contribution in [0.3, 0.4) is 0 Å². The van der Waals surface area contributed by atoms with Crippen molar-refractivity contribution in [1.82, 2.24) is 20.5 Å². The minimum Gasteiger partial charge on any atom is -0.478 e. The van der Waals surface area contributed by atoms with E-state index in [-0.39, 0.29) is 17.7 Å². The molecule has 0 unspecified atom stereocenters. The minimum absolute atomic E-state index is 0.0347. The Labute approximate surface area is 102 Å². The second-order valence-corrected chi connectivity index (χ2v) is 3.47. The molecule has 0 radical (unpaired) electrons. The lowest BCUT2D eigenvalue weighted by Gasteiger charge is -2.05. The molecule has 0 atom stereocenters. The van der Waals surface area contributed by atoms with Crippen LogP contribution in [-0.4, -0.2) is 32.2 Å². The van der Waals surface area contributed by atoms with E-state index in [0.29, 0.717) is 5.82 Å². The zero-order chi connectivity index (χ0) is 13.0. The zero-order valence-corrected chi connectivity index (χ0v) is 9.25. The Kier molecular flexibility index (Phi) is 3.33. The van der Waals surface area contributed by atoms with E-state index in [1.54, 1.807) is 12.1 Å². The van der Waals surface area contributed by atoms with Gasteiger partial charge in [0.25, 0.3) is 5.91 Å². The van der Waals surface area contributed by atoms with Crippen LogP contribution in [0.2, 0.25) is 0 Å². The van der Waals surface area contributed by atoms with Crippen molar-refractivity contribution in [2.45, 2.75) is 6.54 Å². The van der Waals surface area contributed by atoms with Crippen molar-refractivity contribution in [2.75, 3.05) is 0 Å². The van der Waals surface area contributed by atoms with Gasteiger partial charge in [-0.25, -0.2) is 9.78 Å². The molecular weight excluding hydrogens is 236 g/mol. The van der Waals surface area contributed by atoms with Crippen LogP contribution in [0.1, 0.15) is 26.5 Å². The number of carbonyl (C=O) groups excluding carboxylic acids is 1. The summed E-state index contributed by atoms with van der Waals surface area (Å²) in [5.41, 5.74) is 0.0806. The molecule has 2 rings (SSSR count). The smallest absolute Gasteiger partial charge is 0.336 e. The van der Waals surface area contributed by atoms with Gasteiger partial charge in [0.05, 0.1) is 17.7 Å². The van der Waals surface area contributed by atoms with Gasteiger partial charge in [-0.05, 0) is 12.1 Å². The molecule has 92 valence electrons. The van der Waals surface area contributed by atoms with E-state index in [4.69, 9.17) is 5.11 Å². The quantitative estimate of drug-likeness (QED) is 0.725. The van der Waals surface area contributed by atoms with Crippen LogP contribution in [0.5, 0.6) is 0 Å². The molecule has 0 saturated heterocycles. The number of hydrogen-bond acceptors (Lipinski definition) is 4. The van der Waals surface area contributed by atoms with Crippen molar-refractivity contribution in [3.05, 3.63) is 47.5 Å². The highest BCUT2D eigenvalue weighted by atomic mass is 16.4. The van der Waals surface area contributed by atoms with E-state index in [2.05, 4.69) is 20.5 Å². The molecule has 0 aliphatic carbocycles. The monoisotopic (exact) mass is 246 g/mol. The predicted molar refractivity (Wildman–Crippen MR) is 61.0 cm³/mol. The van der Waals surface area contributed by atoms with Crippen molar-refractivity contribution >= 4 is 11.9 Å². The number of carboxylic acids is 1. The SMILES string of the molecule is O=C(O)c1ccccc1C(=O)NCc1ncn[nH]1. The highest BCUT2D eigenvalue weighted by Crippen LogP contribution is 2.08. The van der Waals surface area contributed by atoms with Gasteiger partial charge in [-0.15, -0.1) is 0 Å². The molecule has 1 aromatic heterocycles. The van der Waals surface area contributed by atoms with Crippen molar-refractivity contribution in [2.24, 2.45) is 0 Å². The number of aromatic nitrogens is 3. The third kappa shape index (κ3) is 2.51. The number of aromatic carboxylic acids is 1. The molecule has 2 aromatic rings. The summed E-state index contributed by atoms with van der Waals surface area (Å²) in [7, 11) is 0. The van der Waals surface area contributed by atoms with Gasteiger partial charge >= 0.3 is 5.97 Å². The third-order valence-electron chi connectivity index (χ3n) is 2.28. The summed E-state index contributed by atoms with van der Waals surface area (Å²) in [4.78, 5) is 26.6. The summed E-state index contributed by atoms with van der Waals surface area (Å²) in [6.45, 7) is 0.160. The third-order valence-corrected chi connectivity index (χ3v) is 2.28. The van der Waals surface area contributed by atoms with Gasteiger partial charge < -0.3 is 10.4 Å². The minimum atomic E-state index is -1.14. The first-order chi connectivity index (χ1) is 8.68. The lowest BCUT2D eigenvalue weighted by Crippen LogP contribution is -2.25. The lowest BCUT2D eigenvalue weighted by atomic mass is 10.1. The van der Waals surface area contributed by atoms with Crippen molar-refractivity contribution in [3.8, 4) is 0 Å². The second kappa shape index (κ2) is 5.09. The molecule has 0 aliphatic rings. The van der Waals surface area contributed by atoms with Crippen LogP contribution >= 0.6 is 0 Å². The van der Waals surface area contributed by atoms with Gasteiger partial charge in [0.1, 0.15) is 12.2 Å². The number of carbonyl (C=O) groups is 2. The maximum Gasteiger partial charge on any atom is 0.336 e. The molecule has 3 N–H and O–H groups in total. The number of carboxylic acid groups (broad SMARTS) is 1. The number of H-pyrrole nitrogens is 1. The highest BCUT2D eigenvalue weighted by Gasteiger charge is 2.15. The summed E-state index contributed by atoms with van der Waals surface area (Å²) in [6.07, 6.45) is 1.33. The lowest BCUT2D eigenvalue weighted by molar-refractivity contribution is 0.0691. The number of aromatic amines is 1. The molecular formula is C11H10N4O3. The summed E-state index contributed by atoms with van der Waals surface area (Å²) in [5.74, 6) is -1.11. The predicted octanol–water partition coefficient (Wildman–Crippen LogP) is 0.433. The van der Waals surface area contributed by atoms with Crippen molar-refractivity contribution < 1.29 is 14.7 Å². The molecule has 1 aromatic carbocycles. The zero-order valence-electron chi connectivity index (χ0n) is 9.25. The number of hydrogen-bond donors (Lipinski definition) is 3. The number of amides is 1. The van der Waals surface area contributed by atoms with E-state index < -0.39 is 11.9 Å². The first-order valence-corrected chi connectivity index (χ1v) is 5.13. The van der Waals surface area contributed by atoms with Crippen LogP contribution in [0.4, 0.5) is 0 Å². The van der Waals surface area contributed by atoms with Crippen LogP contribution in [0.15, 0.2) is 30.6 Å². The van der Waals surface area contributed by atoms with Crippen LogP contribution < -0.4 is 5.32 Å². The summed E-state index contributed by atoms with van der Waals surface area (Å²) >= 11 is 0. The van der Waals surface area contributed by atoms with E-state index in [0.717, 1.165) is 0 Å². The fourth-order valence-corrected chi connectivity index (χ4v) is 1.44. The number of rotatable bonds is 4. The van der Waals surface area contributed by atoms with Crippen LogP contribution in [0.25, 0.3) is 0 Å². The molecule has 7 heteroatoms. The van der Waals surface area contributed by atoms with Crippen LogP contribution in [-0.2, 0) is 6.54 Å². The number of nitrogens with zero attached hydrogens (tertiary/aromatic N) is 2. The summed E-state index contributed by atoms with van der Waals surface area (Å²) in [6, 6.07) is 6.01. The molecule has 7 nitrogen and oxygen atoms in total. The Bertz CT molecular complexity index is 565. The average molecular weight is 246 g/mol. The van der Waals surface area contributed by atoms with Gasteiger partial charge in [0, 0.05) is 0 Å². The van der Waals surface area contributed by atoms with Crippen molar-refractivity contribution in [3.63, 3.8) is 0 Å². The Morgan fingerprint density at radius 1 is 1.28 bits per heavy atom. The van der Waals surface area contributed by atoms with E-state index >= 15 is 0 Å². The first kappa shape index (κ1) is 11.8. The Balaban J connectivity index is 2.11. The van der Waals surface area contributed by atoms with E-state index in [1.165, 1.54) is 18.5 Å². The van der Waals surface area contributed by atoms with Gasteiger partial charge in [0.2, 0.25) is 0 Å². The maximum absolute atomic E-state index is 11.8. The standard InChI is InChI=1S/C11H10N4O3/c16-10(12-5-9-13-6-14-15-9)7-3-1-2-4-8(7)11(17)18/h1-4,6H,5H2,(H,12,16)(H,17,18)(H,13,14,15). The Morgan fingerprint density at radius 3 is 2.61 bits per heavy atom. The normalized spacial score (nSPS) is 10.0. The largest absolute Gasteiger partial charge is 0.478 e. The molecule has 0 aliphatic heterocycles. The Morgan fingerprint density at radius 2 is 2.00 bits per heavy atom. The molecule has 0 saturated carbocycles. The van der Waals surface area contributed by atoms with Gasteiger partial charge in [-0.3, -0.25) is 9.89 Å². The van der Waals surface area contributed by atoms with Gasteiger partial charge in [-0.1, -0.05) is 12.1 Å². The fraction of sp³-hybridized carbons (Fsp3) is 0.0909. The molecule has 1 amide bonds. The average Bonchev–Trinajstić information content (AvgIpc) is 2.89. The molecule has 0 fully saturated rings. The molecule has 1 heterocycles. The molecule has 0 bridgehead atoms. The first-order valence-electron chi connectivity index (χ1n) is 5.13. The van der Waals surface area contributed by atoms with Crippen molar-refractivity contribution in [1.29, 1.82) is 0 Å². The van der Waals surface area contributed by atoms with E-state index in [9.17, 15) is 9.59 Å². The van der Waals surface area contributed by atoms with Gasteiger partial charge in [0.15, 0.2) is 0 Å². The summed E-state index contributed by atoms with van der Waals surface area (Å²) < 4.78 is 0. The summed E-state index contributed by atoms with van der Waals surface area (Å²) in [5, 5.41) is 17.7. The molecule has 18 heavy (non-hydrogen) atoms. The Hall–Kier alpha value is -2.70. The second-order valence-electron chi connectivity index (χ2n) is 3.47. The topological polar surface area (TPSA) is 108 Å². The van der Waals surface area contributed by atoms with Gasteiger partial charge in [-0.2, -0.15) is 5.10 Å². The highest BCUT2D eigenvalue weighted by molar-refractivity contribution is 6.04. The van der Waals surface area contributed by atoms with Crippen LogP contribution in [0, 0.1) is 0 Å². The fourth-order valence-electron chi connectivity index (χ4n) is 1.44. The number of nitrogens with one attached hydrogen (secondary N) is 2. The van der Waals surface area contributed by atoms with E-state index in [1.807, 2.05) is 0 Å². The number of benzene rings is 1. The maximum atomic E-state index is 11.8.